The van der Waals surface area contributed by atoms with Gasteiger partial charge in [0.1, 0.15) is 0 Å². The molecule has 4 aromatic rings. The molecule has 4 fully saturated rings. The molecule has 0 aliphatic heterocycles. The lowest BCUT2D eigenvalue weighted by Crippen LogP contribution is -2.55. The molecule has 4 saturated carbocycles. The van der Waals surface area contributed by atoms with Crippen LogP contribution >= 0.6 is 0 Å². The third-order valence-corrected chi connectivity index (χ3v) is 9.20. The standard InChI is InChI=1S/C28H25N/c1-3-7-23-22(6-1)26-24(10-9-21-20-5-2-4-8-25(20)29-27(21)26)28(23)18-12-16-11-17(14-18)15-19(28)13-16/h1-10,16-19,29H,11-15H2. The maximum Gasteiger partial charge on any atom is 0.0547 e. The van der Waals surface area contributed by atoms with Crippen LogP contribution in [0.5, 0.6) is 0 Å². The normalized spacial score (nSPS) is 33.7. The Morgan fingerprint density at radius 2 is 1.38 bits per heavy atom. The smallest absolute Gasteiger partial charge is 0.0547 e. The first kappa shape index (κ1) is 15.3. The summed E-state index contributed by atoms with van der Waals surface area (Å²) in [4.78, 5) is 3.82. The van der Waals surface area contributed by atoms with E-state index in [1.165, 1.54) is 65.0 Å². The second-order valence-corrected chi connectivity index (χ2v) is 10.3. The molecular weight excluding hydrogens is 350 g/mol. The van der Waals surface area contributed by atoms with E-state index < -0.39 is 0 Å². The summed E-state index contributed by atoms with van der Waals surface area (Å²) < 4.78 is 0. The van der Waals surface area contributed by atoms with Gasteiger partial charge in [-0.1, -0.05) is 54.6 Å². The zero-order valence-electron chi connectivity index (χ0n) is 16.6. The maximum absolute atomic E-state index is 3.82. The molecule has 1 nitrogen and oxygen atoms in total. The molecule has 142 valence electrons. The molecule has 5 aliphatic rings. The molecule has 1 spiro atoms. The SMILES string of the molecule is c1ccc2c(c1)-c1c(ccc3c1[nH]c1ccccc13)C21C2CC3CC(C2)CC1C3. The molecule has 29 heavy (non-hydrogen) atoms. The minimum atomic E-state index is 0.269. The van der Waals surface area contributed by atoms with E-state index >= 15 is 0 Å². The predicted octanol–water partition coefficient (Wildman–Crippen LogP) is 7.04. The van der Waals surface area contributed by atoms with Crippen LogP contribution < -0.4 is 0 Å². The summed E-state index contributed by atoms with van der Waals surface area (Å²) >= 11 is 0. The fourth-order valence-electron chi connectivity index (χ4n) is 8.56. The van der Waals surface area contributed by atoms with Crippen molar-refractivity contribution in [3.05, 3.63) is 71.8 Å². The molecule has 0 amide bonds. The highest BCUT2D eigenvalue weighted by atomic mass is 14.7. The number of H-pyrrole nitrogens is 1. The van der Waals surface area contributed by atoms with E-state index in [0.717, 1.165) is 23.7 Å². The Morgan fingerprint density at radius 3 is 2.21 bits per heavy atom. The maximum atomic E-state index is 3.82. The van der Waals surface area contributed by atoms with Gasteiger partial charge in [0.2, 0.25) is 0 Å². The van der Waals surface area contributed by atoms with Gasteiger partial charge in [-0.05, 0) is 78.5 Å². The van der Waals surface area contributed by atoms with Gasteiger partial charge >= 0.3 is 0 Å². The van der Waals surface area contributed by atoms with Gasteiger partial charge in [0.15, 0.2) is 0 Å². The zero-order chi connectivity index (χ0) is 18.7. The van der Waals surface area contributed by atoms with Crippen LogP contribution in [0.15, 0.2) is 60.7 Å². The molecule has 1 heteroatoms. The van der Waals surface area contributed by atoms with Crippen molar-refractivity contribution in [1.82, 2.24) is 4.98 Å². The summed E-state index contributed by atoms with van der Waals surface area (Å²) in [6.07, 6.45) is 7.31. The number of hydrogen-bond acceptors (Lipinski definition) is 0. The van der Waals surface area contributed by atoms with Gasteiger partial charge in [0, 0.05) is 27.3 Å². The number of benzene rings is 3. The first-order chi connectivity index (χ1) is 14.3. The van der Waals surface area contributed by atoms with Crippen LogP contribution in [-0.2, 0) is 5.41 Å². The summed E-state index contributed by atoms with van der Waals surface area (Å²) in [5, 5.41) is 2.74. The number of fused-ring (bicyclic) bond motifs is 7. The number of hydrogen-bond donors (Lipinski definition) is 1. The Kier molecular flexibility index (Phi) is 2.62. The highest BCUT2D eigenvalue weighted by Gasteiger charge is 2.61. The summed E-state index contributed by atoms with van der Waals surface area (Å²) in [6, 6.07) is 23.2. The van der Waals surface area contributed by atoms with E-state index in [9.17, 15) is 0 Å². The second kappa shape index (κ2) is 4.95. The highest BCUT2D eigenvalue weighted by molar-refractivity contribution is 6.13. The average molecular weight is 376 g/mol. The van der Waals surface area contributed by atoms with Gasteiger partial charge in [0.05, 0.1) is 5.52 Å². The van der Waals surface area contributed by atoms with Crippen LogP contribution in [0.3, 0.4) is 0 Å². The summed E-state index contributed by atoms with van der Waals surface area (Å²) in [5.41, 5.74) is 9.21. The van der Waals surface area contributed by atoms with E-state index in [1.807, 2.05) is 0 Å². The Balaban J connectivity index is 1.52. The lowest BCUT2D eigenvalue weighted by atomic mass is 9.43. The first-order valence-corrected chi connectivity index (χ1v) is 11.5. The molecular formula is C28H25N. The molecule has 0 radical (unpaired) electrons. The molecule has 0 atom stereocenters. The van der Waals surface area contributed by atoms with E-state index in [0.29, 0.717) is 0 Å². The number of aromatic amines is 1. The summed E-state index contributed by atoms with van der Waals surface area (Å²) in [6.45, 7) is 0. The van der Waals surface area contributed by atoms with Crippen molar-refractivity contribution >= 4 is 21.8 Å². The van der Waals surface area contributed by atoms with Crippen LogP contribution in [0.4, 0.5) is 0 Å². The Hall–Kier alpha value is -2.54. The zero-order valence-corrected chi connectivity index (χ0v) is 16.6. The minimum Gasteiger partial charge on any atom is -0.354 e. The van der Waals surface area contributed by atoms with Crippen LogP contribution in [0.1, 0.15) is 43.2 Å². The molecule has 1 aromatic heterocycles. The fraction of sp³-hybridized carbons (Fsp3) is 0.357. The van der Waals surface area contributed by atoms with Gasteiger partial charge in [-0.3, -0.25) is 0 Å². The third kappa shape index (κ3) is 1.64. The van der Waals surface area contributed by atoms with Gasteiger partial charge in [-0.2, -0.15) is 0 Å². The van der Waals surface area contributed by atoms with Crippen LogP contribution in [0.2, 0.25) is 0 Å². The molecule has 3 aromatic carbocycles. The fourth-order valence-corrected chi connectivity index (χ4v) is 8.56. The van der Waals surface area contributed by atoms with Crippen molar-refractivity contribution < 1.29 is 0 Å². The van der Waals surface area contributed by atoms with Gasteiger partial charge in [-0.15, -0.1) is 0 Å². The van der Waals surface area contributed by atoms with Crippen LogP contribution in [0, 0.1) is 23.7 Å². The van der Waals surface area contributed by atoms with Crippen molar-refractivity contribution in [3.63, 3.8) is 0 Å². The second-order valence-electron chi connectivity index (χ2n) is 10.3. The van der Waals surface area contributed by atoms with E-state index in [4.69, 9.17) is 0 Å². The third-order valence-electron chi connectivity index (χ3n) is 9.20. The molecule has 9 rings (SSSR count). The quantitative estimate of drug-likeness (QED) is 0.339. The monoisotopic (exact) mass is 375 g/mol. The van der Waals surface area contributed by atoms with Crippen LogP contribution in [0.25, 0.3) is 32.9 Å². The van der Waals surface area contributed by atoms with Crippen LogP contribution in [-0.4, -0.2) is 4.98 Å². The minimum absolute atomic E-state index is 0.269. The van der Waals surface area contributed by atoms with Crippen molar-refractivity contribution in [2.75, 3.05) is 0 Å². The highest BCUT2D eigenvalue weighted by Crippen LogP contribution is 2.69. The largest absolute Gasteiger partial charge is 0.354 e. The molecule has 4 bridgehead atoms. The Morgan fingerprint density at radius 1 is 0.655 bits per heavy atom. The van der Waals surface area contributed by atoms with Crippen molar-refractivity contribution in [2.24, 2.45) is 23.7 Å². The Bertz CT molecular complexity index is 1290. The average Bonchev–Trinajstić information content (AvgIpc) is 3.26. The van der Waals surface area contributed by atoms with Gasteiger partial charge < -0.3 is 4.98 Å². The molecule has 5 aliphatic carbocycles. The first-order valence-electron chi connectivity index (χ1n) is 11.5. The summed E-state index contributed by atoms with van der Waals surface area (Å²) in [5.74, 6) is 3.67. The Labute approximate surface area is 171 Å². The lowest BCUT2D eigenvalue weighted by Gasteiger charge is -2.61. The number of nitrogens with one attached hydrogen (secondary N) is 1. The molecule has 0 saturated heterocycles. The molecule has 0 unspecified atom stereocenters. The summed E-state index contributed by atoms with van der Waals surface area (Å²) in [7, 11) is 0. The van der Waals surface area contributed by atoms with Crippen molar-refractivity contribution in [1.29, 1.82) is 0 Å². The van der Waals surface area contributed by atoms with E-state index in [1.54, 1.807) is 11.1 Å². The molecule has 1 heterocycles. The predicted molar refractivity (Wildman–Crippen MR) is 119 cm³/mol. The molecule has 1 N–H and O–H groups in total. The van der Waals surface area contributed by atoms with Gasteiger partial charge in [-0.25, -0.2) is 0 Å². The van der Waals surface area contributed by atoms with E-state index in [2.05, 4.69) is 65.6 Å². The number of rotatable bonds is 0. The number of aromatic nitrogens is 1. The topological polar surface area (TPSA) is 15.8 Å². The number of para-hydroxylation sites is 1. The lowest BCUT2D eigenvalue weighted by molar-refractivity contribution is -0.0399. The van der Waals surface area contributed by atoms with Gasteiger partial charge in [0.25, 0.3) is 0 Å². The van der Waals surface area contributed by atoms with Crippen molar-refractivity contribution in [3.8, 4) is 11.1 Å². The van der Waals surface area contributed by atoms with Crippen molar-refractivity contribution in [2.45, 2.75) is 37.5 Å². The van der Waals surface area contributed by atoms with E-state index in [-0.39, 0.29) is 5.41 Å².